The van der Waals surface area contributed by atoms with E-state index < -0.39 is 0 Å². The summed E-state index contributed by atoms with van der Waals surface area (Å²) in [5, 5.41) is 5.73. The van der Waals surface area contributed by atoms with Crippen molar-refractivity contribution in [1.29, 1.82) is 0 Å². The van der Waals surface area contributed by atoms with Gasteiger partial charge in [-0.2, -0.15) is 0 Å². The Labute approximate surface area is 125 Å². The zero-order chi connectivity index (χ0) is 15.1. The van der Waals surface area contributed by atoms with Crippen LogP contribution in [-0.4, -0.2) is 19.2 Å². The Morgan fingerprint density at radius 3 is 2.48 bits per heavy atom. The molecule has 0 spiro atoms. The number of carbonyl (C=O) groups is 1. The number of rotatable bonds is 5. The summed E-state index contributed by atoms with van der Waals surface area (Å²) in [4.78, 5) is 12.0. The Kier molecular flexibility index (Phi) is 5.21. The van der Waals surface area contributed by atoms with E-state index in [1.165, 1.54) is 5.56 Å². The molecule has 0 heterocycles. The van der Waals surface area contributed by atoms with Gasteiger partial charge in [-0.25, -0.2) is 4.79 Å². The molecule has 0 saturated carbocycles. The summed E-state index contributed by atoms with van der Waals surface area (Å²) in [5.74, 6) is 0.642. The lowest BCUT2D eigenvalue weighted by atomic mass is 10.1. The quantitative estimate of drug-likeness (QED) is 0.883. The zero-order valence-electron chi connectivity index (χ0n) is 12.3. The van der Waals surface area contributed by atoms with Crippen molar-refractivity contribution in [1.82, 2.24) is 5.32 Å². The summed E-state index contributed by atoms with van der Waals surface area (Å²) in [6.07, 6.45) is 0.792. The summed E-state index contributed by atoms with van der Waals surface area (Å²) < 4.78 is 5.20. The lowest BCUT2D eigenvalue weighted by Crippen LogP contribution is -2.37. The first kappa shape index (κ1) is 14.9. The minimum atomic E-state index is -0.233. The molecule has 2 aromatic rings. The fourth-order valence-corrected chi connectivity index (χ4v) is 2.15. The number of anilines is 1. The molecule has 1 atom stereocenters. The van der Waals surface area contributed by atoms with Crippen LogP contribution in [0.3, 0.4) is 0 Å². The van der Waals surface area contributed by atoms with E-state index in [2.05, 4.69) is 22.8 Å². The summed E-state index contributed by atoms with van der Waals surface area (Å²) in [7, 11) is 1.58. The van der Waals surface area contributed by atoms with Crippen molar-refractivity contribution in [3.8, 4) is 5.75 Å². The van der Waals surface area contributed by atoms with Crippen molar-refractivity contribution in [3.05, 3.63) is 60.2 Å². The van der Waals surface area contributed by atoms with Crippen molar-refractivity contribution in [2.75, 3.05) is 12.4 Å². The lowest BCUT2D eigenvalue weighted by Gasteiger charge is -2.16. The second kappa shape index (κ2) is 7.33. The van der Waals surface area contributed by atoms with Crippen molar-refractivity contribution >= 4 is 11.7 Å². The summed E-state index contributed by atoms with van der Waals surface area (Å²) in [6.45, 7) is 1.98. The molecule has 110 valence electrons. The highest BCUT2D eigenvalue weighted by molar-refractivity contribution is 5.91. The monoisotopic (exact) mass is 284 g/mol. The van der Waals surface area contributed by atoms with Gasteiger partial charge in [-0.3, -0.25) is 0 Å². The number of nitrogens with one attached hydrogen (secondary N) is 2. The Morgan fingerprint density at radius 2 is 1.76 bits per heavy atom. The highest BCUT2D eigenvalue weighted by Crippen LogP contribution is 2.22. The first-order chi connectivity index (χ1) is 10.2. The molecular weight excluding hydrogens is 264 g/mol. The average Bonchev–Trinajstić information content (AvgIpc) is 2.48. The predicted octanol–water partition coefficient (Wildman–Crippen LogP) is 3.45. The fourth-order valence-electron chi connectivity index (χ4n) is 2.15. The number of benzene rings is 2. The third kappa shape index (κ3) is 4.53. The van der Waals surface area contributed by atoms with Gasteiger partial charge in [0.2, 0.25) is 0 Å². The molecule has 2 amide bonds. The van der Waals surface area contributed by atoms with Gasteiger partial charge >= 0.3 is 6.03 Å². The molecule has 0 saturated heterocycles. The van der Waals surface area contributed by atoms with E-state index in [1.807, 2.05) is 43.3 Å². The molecular formula is C17H20N2O2. The van der Waals surface area contributed by atoms with Crippen LogP contribution >= 0.6 is 0 Å². The highest BCUT2D eigenvalue weighted by Gasteiger charge is 2.10. The van der Waals surface area contributed by atoms with E-state index in [9.17, 15) is 4.79 Å². The predicted molar refractivity (Wildman–Crippen MR) is 84.8 cm³/mol. The second-order valence-corrected chi connectivity index (χ2v) is 4.89. The third-order valence-electron chi connectivity index (χ3n) is 3.12. The first-order valence-corrected chi connectivity index (χ1v) is 6.93. The maximum atomic E-state index is 12.0. The fraction of sp³-hybridized carbons (Fsp3) is 0.235. The van der Waals surface area contributed by atoms with Gasteiger partial charge in [0.25, 0.3) is 0 Å². The smallest absolute Gasteiger partial charge is 0.319 e. The number of urea groups is 1. The Morgan fingerprint density at radius 1 is 1.10 bits per heavy atom. The molecule has 0 aliphatic carbocycles. The van der Waals surface area contributed by atoms with Gasteiger partial charge in [-0.05, 0) is 31.0 Å². The number of hydrogen-bond acceptors (Lipinski definition) is 2. The third-order valence-corrected chi connectivity index (χ3v) is 3.12. The lowest BCUT2D eigenvalue weighted by molar-refractivity contribution is 0.249. The minimum Gasteiger partial charge on any atom is -0.495 e. The maximum absolute atomic E-state index is 12.0. The average molecular weight is 284 g/mol. The van der Waals surface area contributed by atoms with Gasteiger partial charge < -0.3 is 15.4 Å². The van der Waals surface area contributed by atoms with Crippen LogP contribution in [0, 0.1) is 0 Å². The van der Waals surface area contributed by atoms with Crippen molar-refractivity contribution in [3.63, 3.8) is 0 Å². The highest BCUT2D eigenvalue weighted by atomic mass is 16.5. The number of para-hydroxylation sites is 2. The van der Waals surface area contributed by atoms with Gasteiger partial charge in [0, 0.05) is 6.04 Å². The molecule has 0 aliphatic heterocycles. The summed E-state index contributed by atoms with van der Waals surface area (Å²) >= 11 is 0. The SMILES string of the molecule is COc1ccccc1NC(=O)NC(C)Cc1ccccc1. The van der Waals surface area contributed by atoms with Crippen molar-refractivity contribution in [2.24, 2.45) is 0 Å². The molecule has 21 heavy (non-hydrogen) atoms. The number of carbonyl (C=O) groups excluding carboxylic acids is 1. The molecule has 2 aromatic carbocycles. The number of amides is 2. The summed E-state index contributed by atoms with van der Waals surface area (Å²) in [5.41, 5.74) is 1.85. The van der Waals surface area contributed by atoms with Gasteiger partial charge in [0.15, 0.2) is 0 Å². The first-order valence-electron chi connectivity index (χ1n) is 6.93. The van der Waals surface area contributed by atoms with E-state index >= 15 is 0 Å². The van der Waals surface area contributed by atoms with Crippen LogP contribution < -0.4 is 15.4 Å². The minimum absolute atomic E-state index is 0.0436. The molecule has 2 N–H and O–H groups in total. The van der Waals surface area contributed by atoms with E-state index in [0.717, 1.165) is 6.42 Å². The normalized spacial score (nSPS) is 11.5. The van der Waals surface area contributed by atoms with Crippen LogP contribution in [0.15, 0.2) is 54.6 Å². The topological polar surface area (TPSA) is 50.4 Å². The van der Waals surface area contributed by atoms with Crippen molar-refractivity contribution < 1.29 is 9.53 Å². The number of hydrogen-bond donors (Lipinski definition) is 2. The molecule has 1 unspecified atom stereocenters. The standard InChI is InChI=1S/C17H20N2O2/c1-13(12-14-8-4-3-5-9-14)18-17(20)19-15-10-6-7-11-16(15)21-2/h3-11,13H,12H2,1-2H3,(H2,18,19,20). The molecule has 0 aliphatic rings. The van der Waals surface area contributed by atoms with E-state index in [-0.39, 0.29) is 12.1 Å². The number of ether oxygens (including phenoxy) is 1. The van der Waals surface area contributed by atoms with Gasteiger partial charge in [0.1, 0.15) is 5.75 Å². The van der Waals surface area contributed by atoms with Crippen LogP contribution in [0.5, 0.6) is 5.75 Å². The van der Waals surface area contributed by atoms with Gasteiger partial charge in [0.05, 0.1) is 12.8 Å². The molecule has 0 bridgehead atoms. The zero-order valence-corrected chi connectivity index (χ0v) is 12.3. The largest absolute Gasteiger partial charge is 0.495 e. The Balaban J connectivity index is 1.89. The molecule has 2 rings (SSSR count). The molecule has 4 heteroatoms. The van der Waals surface area contributed by atoms with E-state index in [1.54, 1.807) is 13.2 Å². The van der Waals surface area contributed by atoms with Crippen LogP contribution in [0.4, 0.5) is 10.5 Å². The molecule has 0 aromatic heterocycles. The molecule has 0 fully saturated rings. The summed E-state index contributed by atoms with van der Waals surface area (Å²) in [6, 6.07) is 17.2. The second-order valence-electron chi connectivity index (χ2n) is 4.89. The molecule has 4 nitrogen and oxygen atoms in total. The van der Waals surface area contributed by atoms with Gasteiger partial charge in [-0.1, -0.05) is 42.5 Å². The molecule has 0 radical (unpaired) electrons. The van der Waals surface area contributed by atoms with Crippen LogP contribution in [0.25, 0.3) is 0 Å². The Hall–Kier alpha value is -2.49. The van der Waals surface area contributed by atoms with Crippen molar-refractivity contribution in [2.45, 2.75) is 19.4 Å². The van der Waals surface area contributed by atoms with Gasteiger partial charge in [-0.15, -0.1) is 0 Å². The maximum Gasteiger partial charge on any atom is 0.319 e. The van der Waals surface area contributed by atoms with Crippen LogP contribution in [0.2, 0.25) is 0 Å². The van der Waals surface area contributed by atoms with E-state index in [0.29, 0.717) is 11.4 Å². The Bertz CT molecular complexity index is 584. The van der Waals surface area contributed by atoms with Crippen LogP contribution in [-0.2, 0) is 6.42 Å². The van der Waals surface area contributed by atoms with Crippen LogP contribution in [0.1, 0.15) is 12.5 Å². The number of methoxy groups -OCH3 is 1. The van der Waals surface area contributed by atoms with E-state index in [4.69, 9.17) is 4.74 Å².